The van der Waals surface area contributed by atoms with Gasteiger partial charge in [0, 0.05) is 24.2 Å². The molecule has 0 radical (unpaired) electrons. The molecule has 1 unspecified atom stereocenters. The van der Waals surface area contributed by atoms with Gasteiger partial charge in [-0.2, -0.15) is 13.2 Å². The Balaban J connectivity index is 0.00000161. The minimum absolute atomic E-state index is 0. The van der Waals surface area contributed by atoms with E-state index in [1.165, 1.54) is 11.3 Å². The van der Waals surface area contributed by atoms with Crippen LogP contribution < -0.4 is 5.73 Å². The van der Waals surface area contributed by atoms with E-state index in [1.54, 1.807) is 6.20 Å². The largest absolute Gasteiger partial charge is 0.392 e. The summed E-state index contributed by atoms with van der Waals surface area (Å²) in [4.78, 5) is 7.16. The second-order valence-corrected chi connectivity index (χ2v) is 7.12. The van der Waals surface area contributed by atoms with E-state index in [0.29, 0.717) is 37.6 Å². The molecule has 1 aliphatic carbocycles. The maximum atomic E-state index is 13.2. The number of nitrogens with zero attached hydrogens (tertiary/aromatic N) is 2. The van der Waals surface area contributed by atoms with Crippen LogP contribution in [0.1, 0.15) is 30.6 Å². The summed E-state index contributed by atoms with van der Waals surface area (Å²) >= 11 is 1.42. The second kappa shape index (κ2) is 5.93. The van der Waals surface area contributed by atoms with E-state index in [-0.39, 0.29) is 18.8 Å². The van der Waals surface area contributed by atoms with Crippen LogP contribution in [0.4, 0.5) is 18.3 Å². The molecule has 1 aromatic rings. The highest BCUT2D eigenvalue weighted by Crippen LogP contribution is 2.56. The molecular weight excluding hydrogens is 323 g/mol. The molecule has 3 rings (SSSR count). The standard InChI is InChI=1S/C13H18F3N3S.ClH/c14-13(15,16)10-2-5-19(8-12(10)3-1-4-12)7-9-6-18-11(17)20-9;/h6,10H,1-5,7-8H2,(H2,17,18);1H. The summed E-state index contributed by atoms with van der Waals surface area (Å²) < 4.78 is 39.5. The maximum Gasteiger partial charge on any atom is 0.392 e. The van der Waals surface area contributed by atoms with Crippen molar-refractivity contribution in [2.75, 3.05) is 18.8 Å². The molecule has 2 fully saturated rings. The van der Waals surface area contributed by atoms with Gasteiger partial charge in [-0.1, -0.05) is 6.42 Å². The van der Waals surface area contributed by atoms with E-state index < -0.39 is 17.5 Å². The first kappa shape index (κ1) is 16.8. The first-order valence-corrected chi connectivity index (χ1v) is 7.70. The highest BCUT2D eigenvalue weighted by atomic mass is 35.5. The number of piperidine rings is 1. The number of aromatic nitrogens is 1. The lowest BCUT2D eigenvalue weighted by atomic mass is 9.58. The van der Waals surface area contributed by atoms with E-state index in [1.807, 2.05) is 0 Å². The molecule has 1 spiro atoms. The average molecular weight is 342 g/mol. The normalized spacial score (nSPS) is 25.4. The number of nitrogen functional groups attached to an aromatic ring is 1. The maximum absolute atomic E-state index is 13.2. The van der Waals surface area contributed by atoms with Crippen molar-refractivity contribution in [2.45, 2.75) is 38.4 Å². The summed E-state index contributed by atoms with van der Waals surface area (Å²) in [5.41, 5.74) is 5.06. The Hall–Kier alpha value is -0.530. The number of thiazole rings is 1. The van der Waals surface area contributed by atoms with Gasteiger partial charge < -0.3 is 5.73 Å². The smallest absolute Gasteiger partial charge is 0.375 e. The van der Waals surface area contributed by atoms with Gasteiger partial charge in [0.05, 0.1) is 5.92 Å². The molecule has 21 heavy (non-hydrogen) atoms. The monoisotopic (exact) mass is 341 g/mol. The zero-order chi connectivity index (χ0) is 14.4. The Morgan fingerprint density at radius 2 is 2.14 bits per heavy atom. The van der Waals surface area contributed by atoms with Gasteiger partial charge in [0.2, 0.25) is 0 Å². The van der Waals surface area contributed by atoms with Crippen molar-refractivity contribution >= 4 is 28.9 Å². The number of likely N-dealkylation sites (tertiary alicyclic amines) is 1. The SMILES string of the molecule is Cl.Nc1ncc(CN2CCC(C(F)(F)F)C3(CCC3)C2)s1. The van der Waals surface area contributed by atoms with Crippen LogP contribution in [0.3, 0.4) is 0 Å². The van der Waals surface area contributed by atoms with Gasteiger partial charge in [-0.25, -0.2) is 4.98 Å². The zero-order valence-electron chi connectivity index (χ0n) is 11.5. The molecule has 2 N–H and O–H groups in total. The van der Waals surface area contributed by atoms with Crippen LogP contribution in [0.5, 0.6) is 0 Å². The van der Waals surface area contributed by atoms with Gasteiger partial charge >= 0.3 is 6.18 Å². The van der Waals surface area contributed by atoms with Crippen molar-refractivity contribution in [2.24, 2.45) is 11.3 Å². The minimum Gasteiger partial charge on any atom is -0.375 e. The Bertz CT molecular complexity index is 487. The molecule has 2 heterocycles. The summed E-state index contributed by atoms with van der Waals surface area (Å²) in [7, 11) is 0. The molecule has 8 heteroatoms. The Kier molecular flexibility index (Phi) is 4.75. The molecule has 1 aromatic heterocycles. The quantitative estimate of drug-likeness (QED) is 0.891. The molecule has 1 aliphatic heterocycles. The number of hydrogen-bond acceptors (Lipinski definition) is 4. The van der Waals surface area contributed by atoms with Crippen LogP contribution >= 0.6 is 23.7 Å². The third-order valence-electron chi connectivity index (χ3n) is 4.71. The fourth-order valence-corrected chi connectivity index (χ4v) is 4.38. The molecule has 120 valence electrons. The lowest BCUT2D eigenvalue weighted by Crippen LogP contribution is -2.56. The molecule has 2 aliphatic rings. The third kappa shape index (κ3) is 3.29. The number of anilines is 1. The number of hydrogen-bond donors (Lipinski definition) is 1. The summed E-state index contributed by atoms with van der Waals surface area (Å²) in [6.07, 6.45) is 0.230. The molecule has 0 bridgehead atoms. The predicted molar refractivity (Wildman–Crippen MR) is 79.5 cm³/mol. The Morgan fingerprint density at radius 1 is 1.43 bits per heavy atom. The number of nitrogens with two attached hydrogens (primary N) is 1. The van der Waals surface area contributed by atoms with E-state index in [2.05, 4.69) is 9.88 Å². The number of alkyl halides is 3. The summed E-state index contributed by atoms with van der Waals surface area (Å²) in [6, 6.07) is 0. The molecule has 1 saturated heterocycles. The zero-order valence-corrected chi connectivity index (χ0v) is 13.2. The van der Waals surface area contributed by atoms with Gasteiger partial charge in [-0.3, -0.25) is 4.90 Å². The summed E-state index contributed by atoms with van der Waals surface area (Å²) in [5, 5.41) is 0.517. The highest BCUT2D eigenvalue weighted by molar-refractivity contribution is 7.15. The van der Waals surface area contributed by atoms with Crippen molar-refractivity contribution < 1.29 is 13.2 Å². The van der Waals surface area contributed by atoms with Crippen molar-refractivity contribution in [3.63, 3.8) is 0 Å². The van der Waals surface area contributed by atoms with Crippen LogP contribution in [0, 0.1) is 11.3 Å². The Morgan fingerprint density at radius 3 is 2.62 bits per heavy atom. The van der Waals surface area contributed by atoms with Gasteiger partial charge in [0.1, 0.15) is 0 Å². The predicted octanol–water partition coefficient (Wildman–Crippen LogP) is 3.70. The molecule has 0 amide bonds. The van der Waals surface area contributed by atoms with Crippen molar-refractivity contribution in [1.29, 1.82) is 0 Å². The summed E-state index contributed by atoms with van der Waals surface area (Å²) in [6.45, 7) is 1.72. The number of halogens is 4. The van der Waals surface area contributed by atoms with Gasteiger partial charge in [-0.15, -0.1) is 23.7 Å². The number of rotatable bonds is 2. The topological polar surface area (TPSA) is 42.1 Å². The highest BCUT2D eigenvalue weighted by Gasteiger charge is 2.57. The van der Waals surface area contributed by atoms with Crippen molar-refractivity contribution in [3.8, 4) is 0 Å². The van der Waals surface area contributed by atoms with Crippen molar-refractivity contribution in [1.82, 2.24) is 9.88 Å². The van der Waals surface area contributed by atoms with Crippen LogP contribution in [0.25, 0.3) is 0 Å². The van der Waals surface area contributed by atoms with Crippen LogP contribution in [-0.4, -0.2) is 29.1 Å². The van der Waals surface area contributed by atoms with E-state index in [4.69, 9.17) is 5.73 Å². The second-order valence-electron chi connectivity index (χ2n) is 5.97. The van der Waals surface area contributed by atoms with Gasteiger partial charge in [0.15, 0.2) is 5.13 Å². The van der Waals surface area contributed by atoms with Crippen LogP contribution in [0.2, 0.25) is 0 Å². The fraction of sp³-hybridized carbons (Fsp3) is 0.769. The van der Waals surface area contributed by atoms with Gasteiger partial charge in [-0.05, 0) is 31.2 Å². The van der Waals surface area contributed by atoms with E-state index in [0.717, 1.165) is 11.3 Å². The lowest BCUT2D eigenvalue weighted by molar-refractivity contribution is -0.238. The molecule has 0 aromatic carbocycles. The molecule has 1 saturated carbocycles. The van der Waals surface area contributed by atoms with Crippen LogP contribution in [-0.2, 0) is 6.54 Å². The first-order valence-electron chi connectivity index (χ1n) is 6.88. The average Bonchev–Trinajstić information content (AvgIpc) is 2.71. The fourth-order valence-electron chi connectivity index (χ4n) is 3.65. The Labute approximate surface area is 132 Å². The molecule has 1 atom stereocenters. The lowest BCUT2D eigenvalue weighted by Gasteiger charge is -2.54. The molecule has 3 nitrogen and oxygen atoms in total. The van der Waals surface area contributed by atoms with E-state index >= 15 is 0 Å². The minimum atomic E-state index is -4.05. The van der Waals surface area contributed by atoms with Crippen LogP contribution in [0.15, 0.2) is 6.20 Å². The molecular formula is C13H19ClF3N3S. The third-order valence-corrected chi connectivity index (χ3v) is 5.52. The first-order chi connectivity index (χ1) is 9.39. The van der Waals surface area contributed by atoms with Crippen molar-refractivity contribution in [3.05, 3.63) is 11.1 Å². The van der Waals surface area contributed by atoms with E-state index in [9.17, 15) is 13.2 Å². The summed E-state index contributed by atoms with van der Waals surface area (Å²) in [5.74, 6) is -1.12. The van der Waals surface area contributed by atoms with Gasteiger partial charge in [0.25, 0.3) is 0 Å².